The quantitative estimate of drug-likeness (QED) is 0.785. The minimum absolute atomic E-state index is 0. The van der Waals surface area contributed by atoms with E-state index in [-0.39, 0.29) is 18.3 Å². The second kappa shape index (κ2) is 8.99. The molecule has 1 aromatic rings. The van der Waals surface area contributed by atoms with Gasteiger partial charge in [0, 0.05) is 17.7 Å². The molecule has 1 saturated heterocycles. The van der Waals surface area contributed by atoms with Crippen molar-refractivity contribution in [3.63, 3.8) is 0 Å². The summed E-state index contributed by atoms with van der Waals surface area (Å²) in [5, 5.41) is 6.93. The predicted molar refractivity (Wildman–Crippen MR) is 95.5 cm³/mol. The van der Waals surface area contributed by atoms with Gasteiger partial charge in [0.2, 0.25) is 5.91 Å². The van der Waals surface area contributed by atoms with Crippen LogP contribution in [0.3, 0.4) is 0 Å². The van der Waals surface area contributed by atoms with Crippen molar-refractivity contribution in [2.75, 3.05) is 38.4 Å². The van der Waals surface area contributed by atoms with Gasteiger partial charge in [-0.2, -0.15) is 0 Å². The van der Waals surface area contributed by atoms with Crippen molar-refractivity contribution in [1.82, 2.24) is 5.32 Å². The van der Waals surface area contributed by atoms with E-state index in [9.17, 15) is 4.79 Å². The van der Waals surface area contributed by atoms with Gasteiger partial charge in [0.1, 0.15) is 0 Å². The molecule has 22 heavy (non-hydrogen) atoms. The molecule has 0 radical (unpaired) electrons. The smallest absolute Gasteiger partial charge is 0.233 e. The van der Waals surface area contributed by atoms with Crippen LogP contribution in [-0.2, 0) is 9.53 Å². The van der Waals surface area contributed by atoms with E-state index < -0.39 is 5.41 Å². The molecule has 2 rings (SSSR count). The molecule has 0 saturated carbocycles. The van der Waals surface area contributed by atoms with Crippen molar-refractivity contribution in [3.05, 3.63) is 23.2 Å². The number of carbonyl (C=O) groups excluding carboxylic acids is 1. The molecule has 1 heterocycles. The molecule has 1 fully saturated rings. The first kappa shape index (κ1) is 19.6. The fraction of sp³-hybridized carbons (Fsp3) is 0.533. The average molecular weight is 365 g/mol. The molecule has 1 aliphatic rings. The van der Waals surface area contributed by atoms with Gasteiger partial charge in [-0.05, 0) is 50.4 Å². The predicted octanol–water partition coefficient (Wildman–Crippen LogP) is 3.44. The maximum atomic E-state index is 12.7. The summed E-state index contributed by atoms with van der Waals surface area (Å²) >= 11 is 7.77. The molecule has 2 N–H and O–H groups in total. The number of carbonyl (C=O) groups is 1. The molecule has 0 bridgehead atoms. The number of amides is 1. The topological polar surface area (TPSA) is 50.4 Å². The zero-order valence-corrected chi connectivity index (χ0v) is 15.2. The number of benzene rings is 1. The minimum Gasteiger partial charge on any atom is -0.384 e. The van der Waals surface area contributed by atoms with Crippen molar-refractivity contribution in [3.8, 4) is 0 Å². The van der Waals surface area contributed by atoms with E-state index in [0.29, 0.717) is 11.6 Å². The molecule has 0 aliphatic carbocycles. The fourth-order valence-electron chi connectivity index (χ4n) is 2.63. The van der Waals surface area contributed by atoms with Crippen LogP contribution in [0.4, 0.5) is 5.69 Å². The number of methoxy groups -OCH3 is 1. The number of ether oxygens (including phenoxy) is 1. The van der Waals surface area contributed by atoms with Gasteiger partial charge < -0.3 is 15.4 Å². The van der Waals surface area contributed by atoms with Crippen LogP contribution in [0.25, 0.3) is 0 Å². The van der Waals surface area contributed by atoms with Crippen LogP contribution in [0, 0.1) is 5.41 Å². The van der Waals surface area contributed by atoms with Gasteiger partial charge in [0.05, 0.1) is 17.0 Å². The zero-order chi connectivity index (χ0) is 15.3. The summed E-state index contributed by atoms with van der Waals surface area (Å²) < 4.78 is 5.29. The van der Waals surface area contributed by atoms with E-state index >= 15 is 0 Å². The second-order valence-electron chi connectivity index (χ2n) is 5.27. The molecule has 7 heteroatoms. The highest BCUT2D eigenvalue weighted by Crippen LogP contribution is 2.32. The Balaban J connectivity index is 0.00000242. The number of halogens is 2. The Morgan fingerprint density at radius 3 is 2.68 bits per heavy atom. The second-order valence-corrected chi connectivity index (χ2v) is 6.52. The van der Waals surface area contributed by atoms with Gasteiger partial charge in [-0.1, -0.05) is 11.6 Å². The van der Waals surface area contributed by atoms with Gasteiger partial charge in [0.25, 0.3) is 0 Å². The largest absolute Gasteiger partial charge is 0.384 e. The number of hydrogen-bond donors (Lipinski definition) is 2. The fourth-order valence-corrected chi connectivity index (χ4v) is 3.50. The zero-order valence-electron chi connectivity index (χ0n) is 12.8. The first-order valence-corrected chi connectivity index (χ1v) is 8.56. The number of thioether (sulfide) groups is 1. The van der Waals surface area contributed by atoms with Crippen molar-refractivity contribution in [2.45, 2.75) is 17.7 Å². The van der Waals surface area contributed by atoms with E-state index in [4.69, 9.17) is 16.3 Å². The molecule has 0 aromatic heterocycles. The first-order chi connectivity index (χ1) is 10.1. The van der Waals surface area contributed by atoms with Crippen LogP contribution in [0.5, 0.6) is 0 Å². The van der Waals surface area contributed by atoms with Gasteiger partial charge in [0.15, 0.2) is 0 Å². The molecule has 1 aliphatic heterocycles. The molecule has 0 spiro atoms. The van der Waals surface area contributed by atoms with Crippen LogP contribution in [0.15, 0.2) is 23.1 Å². The molecular formula is C15H22Cl2N2O2S. The van der Waals surface area contributed by atoms with Gasteiger partial charge in [-0.3, -0.25) is 4.79 Å². The normalized spacial score (nSPS) is 16.7. The first-order valence-electron chi connectivity index (χ1n) is 6.96. The molecule has 1 amide bonds. The maximum Gasteiger partial charge on any atom is 0.233 e. The molecule has 4 nitrogen and oxygen atoms in total. The number of piperidine rings is 1. The summed E-state index contributed by atoms with van der Waals surface area (Å²) in [5.74, 6) is 0.0128. The van der Waals surface area contributed by atoms with Crippen LogP contribution < -0.4 is 10.6 Å². The molecular weight excluding hydrogens is 343 g/mol. The summed E-state index contributed by atoms with van der Waals surface area (Å²) in [7, 11) is 1.64. The molecule has 0 atom stereocenters. The lowest BCUT2D eigenvalue weighted by molar-refractivity contribution is -0.130. The SMILES string of the molecule is COCC1(C(=O)Nc2ccc(SC)c(Cl)c2)CCNCC1.Cl. The van der Waals surface area contributed by atoms with Crippen LogP contribution in [0.2, 0.25) is 5.02 Å². The highest BCUT2D eigenvalue weighted by molar-refractivity contribution is 7.98. The number of nitrogens with one attached hydrogen (secondary N) is 2. The number of rotatable bonds is 5. The van der Waals surface area contributed by atoms with E-state index in [1.54, 1.807) is 24.9 Å². The van der Waals surface area contributed by atoms with Gasteiger partial charge >= 0.3 is 0 Å². The lowest BCUT2D eigenvalue weighted by atomic mass is 9.78. The monoisotopic (exact) mass is 364 g/mol. The Bertz CT molecular complexity index is 503. The van der Waals surface area contributed by atoms with Gasteiger partial charge in [-0.15, -0.1) is 24.2 Å². The van der Waals surface area contributed by atoms with Crippen molar-refractivity contribution in [2.24, 2.45) is 5.41 Å². The Kier molecular flexibility index (Phi) is 8.00. The highest BCUT2D eigenvalue weighted by atomic mass is 35.5. The molecule has 124 valence electrons. The summed E-state index contributed by atoms with van der Waals surface area (Å²) in [4.78, 5) is 13.7. The maximum absolute atomic E-state index is 12.7. The third kappa shape index (κ3) is 4.52. The summed E-state index contributed by atoms with van der Waals surface area (Å²) in [6, 6.07) is 5.61. The Hall–Kier alpha value is -0.460. The minimum atomic E-state index is -0.454. The van der Waals surface area contributed by atoms with Crippen molar-refractivity contribution < 1.29 is 9.53 Å². The van der Waals surface area contributed by atoms with E-state index in [0.717, 1.165) is 36.5 Å². The lowest BCUT2D eigenvalue weighted by Crippen LogP contribution is -2.47. The Morgan fingerprint density at radius 2 is 2.14 bits per heavy atom. The third-order valence-electron chi connectivity index (χ3n) is 3.87. The number of hydrogen-bond acceptors (Lipinski definition) is 4. The highest BCUT2D eigenvalue weighted by Gasteiger charge is 2.39. The lowest BCUT2D eigenvalue weighted by Gasteiger charge is -2.35. The van der Waals surface area contributed by atoms with Gasteiger partial charge in [-0.25, -0.2) is 0 Å². The molecule has 0 unspecified atom stereocenters. The summed E-state index contributed by atoms with van der Waals surface area (Å²) in [5.41, 5.74) is 0.279. The number of anilines is 1. The standard InChI is InChI=1S/C15H21ClN2O2S.ClH/c1-20-10-15(5-7-17-8-6-15)14(19)18-11-3-4-13(21-2)12(16)9-11;/h3-4,9,17H,5-8,10H2,1-2H3,(H,18,19);1H. The van der Waals surface area contributed by atoms with Crippen LogP contribution in [0.1, 0.15) is 12.8 Å². The Labute approximate surface area is 147 Å². The third-order valence-corrected chi connectivity index (χ3v) is 5.09. The van der Waals surface area contributed by atoms with Crippen molar-refractivity contribution >= 4 is 47.4 Å². The summed E-state index contributed by atoms with van der Waals surface area (Å²) in [6.07, 6.45) is 3.54. The van der Waals surface area contributed by atoms with E-state index in [1.165, 1.54) is 0 Å². The van der Waals surface area contributed by atoms with E-state index in [1.807, 2.05) is 18.4 Å². The van der Waals surface area contributed by atoms with E-state index in [2.05, 4.69) is 10.6 Å². The van der Waals surface area contributed by atoms with Crippen LogP contribution in [-0.4, -0.2) is 39.0 Å². The summed E-state index contributed by atoms with van der Waals surface area (Å²) in [6.45, 7) is 2.11. The average Bonchev–Trinajstić information content (AvgIpc) is 2.48. The molecule has 1 aromatic carbocycles. The Morgan fingerprint density at radius 1 is 1.45 bits per heavy atom. The van der Waals surface area contributed by atoms with Crippen molar-refractivity contribution in [1.29, 1.82) is 0 Å². The van der Waals surface area contributed by atoms with Crippen LogP contribution >= 0.6 is 35.8 Å².